The molecule has 4 rings (SSSR count). The fourth-order valence-electron chi connectivity index (χ4n) is 3.00. The Kier molecular flexibility index (Phi) is 4.64. The minimum absolute atomic E-state index is 0.0128. The van der Waals surface area contributed by atoms with Crippen molar-refractivity contribution in [3.05, 3.63) is 47.0 Å². The van der Waals surface area contributed by atoms with Crippen LogP contribution in [0.5, 0.6) is 0 Å². The van der Waals surface area contributed by atoms with E-state index in [1.54, 1.807) is 12.1 Å². The molecule has 140 valence electrons. The van der Waals surface area contributed by atoms with Gasteiger partial charge in [0.25, 0.3) is 5.56 Å². The Bertz CT molecular complexity index is 959. The summed E-state index contributed by atoms with van der Waals surface area (Å²) in [5.74, 6) is 0.359. The summed E-state index contributed by atoms with van der Waals surface area (Å²) in [4.78, 5) is 27.4. The van der Waals surface area contributed by atoms with Crippen molar-refractivity contribution < 1.29 is 4.39 Å². The van der Waals surface area contributed by atoms with Crippen molar-refractivity contribution in [3.8, 4) is 0 Å². The third-order valence-corrected chi connectivity index (χ3v) is 4.27. The van der Waals surface area contributed by atoms with E-state index >= 15 is 0 Å². The number of halogens is 1. The molecule has 10 nitrogen and oxygen atoms in total. The summed E-state index contributed by atoms with van der Waals surface area (Å²) in [5, 5.41) is 13.7. The molecule has 0 aromatic carbocycles. The van der Waals surface area contributed by atoms with E-state index in [0.29, 0.717) is 12.5 Å². The zero-order chi connectivity index (χ0) is 18.6. The van der Waals surface area contributed by atoms with E-state index in [0.717, 1.165) is 25.6 Å². The highest BCUT2D eigenvalue weighted by atomic mass is 19.1. The molecule has 3 aromatic heterocycles. The smallest absolute Gasteiger partial charge is 0.271 e. The van der Waals surface area contributed by atoms with Crippen LogP contribution in [0.2, 0.25) is 0 Å². The molecule has 1 saturated heterocycles. The van der Waals surface area contributed by atoms with Crippen LogP contribution < -0.4 is 21.1 Å². The molecule has 0 saturated carbocycles. The van der Waals surface area contributed by atoms with Crippen molar-refractivity contribution in [2.45, 2.75) is 18.9 Å². The fraction of sp³-hybridized carbons (Fsp3) is 0.312. The monoisotopic (exact) mass is 371 g/mol. The lowest BCUT2D eigenvalue weighted by Crippen LogP contribution is -2.43. The number of nitrogens with one attached hydrogen (secondary N) is 4. The van der Waals surface area contributed by atoms with Crippen LogP contribution in [0.4, 0.5) is 27.8 Å². The summed E-state index contributed by atoms with van der Waals surface area (Å²) in [6, 6.07) is 3.25. The van der Waals surface area contributed by atoms with Gasteiger partial charge in [-0.3, -0.25) is 4.79 Å². The second-order valence-corrected chi connectivity index (χ2v) is 6.17. The first-order valence-electron chi connectivity index (χ1n) is 8.54. The van der Waals surface area contributed by atoms with Gasteiger partial charge in [-0.05, 0) is 25.0 Å². The molecular formula is C16H18FN9O. The van der Waals surface area contributed by atoms with Crippen LogP contribution >= 0.6 is 0 Å². The first-order chi connectivity index (χ1) is 13.2. The van der Waals surface area contributed by atoms with Crippen LogP contribution in [0.15, 0.2) is 35.6 Å². The van der Waals surface area contributed by atoms with Crippen molar-refractivity contribution >= 4 is 23.4 Å². The van der Waals surface area contributed by atoms with Crippen LogP contribution in [0.1, 0.15) is 12.8 Å². The Labute approximate surface area is 153 Å². The van der Waals surface area contributed by atoms with Gasteiger partial charge in [0.15, 0.2) is 11.6 Å². The third-order valence-electron chi connectivity index (χ3n) is 4.27. The number of nitrogens with zero attached hydrogens (tertiary/aromatic N) is 5. The fourth-order valence-corrected chi connectivity index (χ4v) is 3.00. The van der Waals surface area contributed by atoms with Crippen LogP contribution in [0.25, 0.3) is 0 Å². The van der Waals surface area contributed by atoms with Gasteiger partial charge in [-0.2, -0.15) is 4.98 Å². The lowest BCUT2D eigenvalue weighted by molar-refractivity contribution is 0.517. The van der Waals surface area contributed by atoms with Gasteiger partial charge in [-0.1, -0.05) is 0 Å². The maximum absolute atomic E-state index is 14.2. The molecule has 1 fully saturated rings. The lowest BCUT2D eigenvalue weighted by Gasteiger charge is -2.32. The number of aromatic nitrogens is 6. The molecule has 0 bridgehead atoms. The topological polar surface area (TPSA) is 128 Å². The average molecular weight is 371 g/mol. The molecule has 4 heterocycles. The number of hydrogen-bond donors (Lipinski definition) is 4. The number of pyridine rings is 1. The molecule has 11 heteroatoms. The Morgan fingerprint density at radius 1 is 1.33 bits per heavy atom. The standard InChI is InChI=1S/C16H18FN9O/c17-11-7-19-15(23-12-4-1-5-18-14(12)27)24-13(11)22-10-3-2-6-26(8-10)16-20-9-21-25-16/h1,4-5,7,9-10H,2-3,6,8H2,(H,18,27)(H,20,21,25)(H2,19,22,23,24). The number of H-pyrrole nitrogens is 2. The van der Waals surface area contributed by atoms with Crippen LogP contribution in [0, 0.1) is 5.82 Å². The molecule has 4 N–H and O–H groups in total. The summed E-state index contributed by atoms with van der Waals surface area (Å²) in [6.45, 7) is 1.49. The SMILES string of the molecule is O=c1[nH]cccc1Nc1ncc(F)c(NC2CCCN(c3nnc[nH]3)C2)n1. The largest absolute Gasteiger partial charge is 0.363 e. The molecule has 1 atom stereocenters. The molecule has 1 aliphatic rings. The molecule has 0 spiro atoms. The van der Waals surface area contributed by atoms with Crippen LogP contribution in [-0.4, -0.2) is 49.3 Å². The van der Waals surface area contributed by atoms with Gasteiger partial charge in [0.1, 0.15) is 12.0 Å². The van der Waals surface area contributed by atoms with Crippen molar-refractivity contribution in [1.82, 2.24) is 30.1 Å². The number of aromatic amines is 2. The van der Waals surface area contributed by atoms with Crippen LogP contribution in [-0.2, 0) is 0 Å². The van der Waals surface area contributed by atoms with Crippen molar-refractivity contribution in [2.75, 3.05) is 28.6 Å². The first-order valence-corrected chi connectivity index (χ1v) is 8.54. The highest BCUT2D eigenvalue weighted by Crippen LogP contribution is 2.20. The zero-order valence-electron chi connectivity index (χ0n) is 14.3. The number of rotatable bonds is 5. The molecule has 1 aliphatic heterocycles. The van der Waals surface area contributed by atoms with Gasteiger partial charge in [0, 0.05) is 25.3 Å². The molecule has 3 aromatic rings. The van der Waals surface area contributed by atoms with Gasteiger partial charge < -0.3 is 25.5 Å². The molecular weight excluding hydrogens is 353 g/mol. The number of piperidine rings is 1. The minimum Gasteiger partial charge on any atom is -0.363 e. The maximum atomic E-state index is 14.2. The molecule has 0 aliphatic carbocycles. The highest BCUT2D eigenvalue weighted by molar-refractivity contribution is 5.53. The van der Waals surface area contributed by atoms with Gasteiger partial charge in [-0.25, -0.2) is 9.37 Å². The van der Waals surface area contributed by atoms with E-state index in [2.05, 4.69) is 45.7 Å². The van der Waals surface area contributed by atoms with Crippen molar-refractivity contribution in [2.24, 2.45) is 0 Å². The lowest BCUT2D eigenvalue weighted by atomic mass is 10.1. The summed E-state index contributed by atoms with van der Waals surface area (Å²) in [7, 11) is 0. The molecule has 1 unspecified atom stereocenters. The van der Waals surface area contributed by atoms with E-state index < -0.39 is 5.82 Å². The normalized spacial score (nSPS) is 16.9. The highest BCUT2D eigenvalue weighted by Gasteiger charge is 2.23. The van der Waals surface area contributed by atoms with Gasteiger partial charge in [0.2, 0.25) is 11.9 Å². The Hall–Kier alpha value is -3.50. The third kappa shape index (κ3) is 3.86. The van der Waals surface area contributed by atoms with Gasteiger partial charge in [-0.15, -0.1) is 10.2 Å². The Balaban J connectivity index is 1.48. The second-order valence-electron chi connectivity index (χ2n) is 6.17. The maximum Gasteiger partial charge on any atom is 0.271 e. The van der Waals surface area contributed by atoms with Crippen molar-refractivity contribution in [1.29, 1.82) is 0 Å². The van der Waals surface area contributed by atoms with E-state index in [4.69, 9.17) is 0 Å². The average Bonchev–Trinajstić information content (AvgIpc) is 3.21. The quantitative estimate of drug-likeness (QED) is 0.528. The minimum atomic E-state index is -0.556. The summed E-state index contributed by atoms with van der Waals surface area (Å²) >= 11 is 0. The van der Waals surface area contributed by atoms with E-state index in [9.17, 15) is 9.18 Å². The van der Waals surface area contributed by atoms with E-state index in [-0.39, 0.29) is 29.1 Å². The van der Waals surface area contributed by atoms with Gasteiger partial charge >= 0.3 is 0 Å². The number of hydrogen-bond acceptors (Lipinski definition) is 8. The molecule has 0 amide bonds. The summed E-state index contributed by atoms with van der Waals surface area (Å²) < 4.78 is 14.2. The Morgan fingerprint density at radius 3 is 3.07 bits per heavy atom. The summed E-state index contributed by atoms with van der Waals surface area (Å²) in [5.41, 5.74) is -0.0286. The molecule has 27 heavy (non-hydrogen) atoms. The van der Waals surface area contributed by atoms with Crippen molar-refractivity contribution in [3.63, 3.8) is 0 Å². The van der Waals surface area contributed by atoms with E-state index in [1.807, 2.05) is 0 Å². The second kappa shape index (κ2) is 7.40. The first kappa shape index (κ1) is 16.9. The predicted octanol–water partition coefficient (Wildman–Crippen LogP) is 1.25. The van der Waals surface area contributed by atoms with E-state index in [1.165, 1.54) is 12.5 Å². The Morgan fingerprint density at radius 2 is 2.26 bits per heavy atom. The van der Waals surface area contributed by atoms with Gasteiger partial charge in [0.05, 0.1) is 6.20 Å². The molecule has 0 radical (unpaired) electrons. The zero-order valence-corrected chi connectivity index (χ0v) is 14.3. The number of anilines is 4. The summed E-state index contributed by atoms with van der Waals surface area (Å²) in [6.07, 6.45) is 5.92. The predicted molar refractivity (Wildman–Crippen MR) is 97.6 cm³/mol. The van der Waals surface area contributed by atoms with Crippen LogP contribution in [0.3, 0.4) is 0 Å².